The van der Waals surface area contributed by atoms with E-state index in [9.17, 15) is 0 Å². The highest BCUT2D eigenvalue weighted by Crippen LogP contribution is 2.59. The maximum atomic E-state index is 2.61. The SMILES string of the molecule is C1=C(c2ccccc2)C2CCC1C1CCC21. The minimum absolute atomic E-state index is 0.895. The summed E-state index contributed by atoms with van der Waals surface area (Å²) < 4.78 is 0. The van der Waals surface area contributed by atoms with E-state index < -0.39 is 0 Å². The van der Waals surface area contributed by atoms with E-state index in [0.717, 1.165) is 23.7 Å². The van der Waals surface area contributed by atoms with Crippen molar-refractivity contribution in [3.63, 3.8) is 0 Å². The van der Waals surface area contributed by atoms with Gasteiger partial charge in [-0.15, -0.1) is 0 Å². The van der Waals surface area contributed by atoms with Crippen LogP contribution < -0.4 is 0 Å². The Kier molecular flexibility index (Phi) is 1.82. The average molecular weight is 210 g/mol. The van der Waals surface area contributed by atoms with Crippen LogP contribution in [-0.4, -0.2) is 0 Å². The number of hydrogen-bond acceptors (Lipinski definition) is 0. The van der Waals surface area contributed by atoms with Gasteiger partial charge in [-0.05, 0) is 60.5 Å². The molecule has 4 aliphatic rings. The van der Waals surface area contributed by atoms with E-state index in [1.807, 2.05) is 0 Å². The molecule has 0 saturated heterocycles. The molecular formula is C16H18. The monoisotopic (exact) mass is 210 g/mol. The van der Waals surface area contributed by atoms with E-state index in [4.69, 9.17) is 0 Å². The Balaban J connectivity index is 1.77. The minimum atomic E-state index is 0.895. The molecule has 0 aliphatic heterocycles. The van der Waals surface area contributed by atoms with E-state index in [2.05, 4.69) is 36.4 Å². The molecule has 4 aliphatic carbocycles. The Morgan fingerprint density at radius 3 is 2.31 bits per heavy atom. The van der Waals surface area contributed by atoms with Gasteiger partial charge in [-0.25, -0.2) is 0 Å². The summed E-state index contributed by atoms with van der Waals surface area (Å²) in [6.07, 6.45) is 8.53. The summed E-state index contributed by atoms with van der Waals surface area (Å²) in [5.74, 6) is 3.91. The van der Waals surface area contributed by atoms with E-state index >= 15 is 0 Å². The second kappa shape index (κ2) is 3.23. The summed E-state index contributed by atoms with van der Waals surface area (Å²) in [5, 5.41) is 0. The molecule has 1 aromatic carbocycles. The molecule has 0 nitrogen and oxygen atoms in total. The van der Waals surface area contributed by atoms with Crippen molar-refractivity contribution >= 4 is 5.57 Å². The Hall–Kier alpha value is -1.04. The fraction of sp³-hybridized carbons (Fsp3) is 0.500. The normalized spacial score (nSPS) is 39.9. The maximum Gasteiger partial charge on any atom is -0.0128 e. The summed E-state index contributed by atoms with van der Waals surface area (Å²) in [7, 11) is 0. The second-order valence-electron chi connectivity index (χ2n) is 5.74. The minimum Gasteiger partial charge on any atom is -0.0770 e. The van der Waals surface area contributed by atoms with Gasteiger partial charge in [-0.1, -0.05) is 36.4 Å². The zero-order chi connectivity index (χ0) is 10.5. The molecule has 2 saturated carbocycles. The first-order chi connectivity index (χ1) is 7.93. The van der Waals surface area contributed by atoms with Crippen LogP contribution >= 0.6 is 0 Å². The third-order valence-electron chi connectivity index (χ3n) is 5.16. The van der Waals surface area contributed by atoms with E-state index in [1.54, 1.807) is 5.57 Å². The van der Waals surface area contributed by atoms with Crippen LogP contribution in [0.25, 0.3) is 5.57 Å². The Morgan fingerprint density at radius 2 is 1.62 bits per heavy atom. The van der Waals surface area contributed by atoms with Gasteiger partial charge in [0.1, 0.15) is 0 Å². The topological polar surface area (TPSA) is 0 Å². The van der Waals surface area contributed by atoms with Gasteiger partial charge in [-0.2, -0.15) is 0 Å². The quantitative estimate of drug-likeness (QED) is 0.653. The van der Waals surface area contributed by atoms with Crippen molar-refractivity contribution in [3.05, 3.63) is 42.0 Å². The second-order valence-corrected chi connectivity index (χ2v) is 5.74. The van der Waals surface area contributed by atoms with Gasteiger partial charge in [-0.3, -0.25) is 0 Å². The van der Waals surface area contributed by atoms with Crippen molar-refractivity contribution in [2.24, 2.45) is 23.7 Å². The molecule has 0 spiro atoms. The summed E-state index contributed by atoms with van der Waals surface area (Å²) >= 11 is 0. The molecule has 0 aromatic heterocycles. The Bertz CT molecular complexity index is 429. The molecule has 2 fully saturated rings. The molecule has 0 N–H and O–H groups in total. The van der Waals surface area contributed by atoms with E-state index in [0.29, 0.717) is 0 Å². The lowest BCUT2D eigenvalue weighted by Crippen LogP contribution is -2.44. The van der Waals surface area contributed by atoms with Gasteiger partial charge in [0.25, 0.3) is 0 Å². The number of fused-ring (bicyclic) bond motifs is 1. The molecule has 0 heterocycles. The van der Waals surface area contributed by atoms with Gasteiger partial charge >= 0.3 is 0 Å². The van der Waals surface area contributed by atoms with Gasteiger partial charge in [0.2, 0.25) is 0 Å². The smallest absolute Gasteiger partial charge is 0.0128 e. The lowest BCUT2D eigenvalue weighted by molar-refractivity contribution is 0.0335. The van der Waals surface area contributed by atoms with Gasteiger partial charge in [0.15, 0.2) is 0 Å². The van der Waals surface area contributed by atoms with Gasteiger partial charge < -0.3 is 0 Å². The van der Waals surface area contributed by atoms with Crippen LogP contribution in [-0.2, 0) is 0 Å². The predicted octanol–water partition coefficient (Wildman–Crippen LogP) is 4.14. The molecule has 4 atom stereocenters. The lowest BCUT2D eigenvalue weighted by atomic mass is 9.50. The zero-order valence-electron chi connectivity index (χ0n) is 9.60. The zero-order valence-corrected chi connectivity index (χ0v) is 9.60. The molecule has 5 rings (SSSR count). The van der Waals surface area contributed by atoms with Gasteiger partial charge in [0, 0.05) is 0 Å². The summed E-state index contributed by atoms with van der Waals surface area (Å²) in [5.41, 5.74) is 3.17. The molecule has 16 heavy (non-hydrogen) atoms. The van der Waals surface area contributed by atoms with E-state index in [-0.39, 0.29) is 0 Å². The first-order valence-electron chi connectivity index (χ1n) is 6.70. The van der Waals surface area contributed by atoms with Crippen LogP contribution in [0.3, 0.4) is 0 Å². The summed E-state index contributed by atoms with van der Waals surface area (Å²) in [4.78, 5) is 0. The molecule has 0 amide bonds. The number of allylic oxidation sites excluding steroid dienone is 2. The summed E-state index contributed by atoms with van der Waals surface area (Å²) in [6.45, 7) is 0. The highest BCUT2D eigenvalue weighted by molar-refractivity contribution is 5.70. The number of hydrogen-bond donors (Lipinski definition) is 0. The van der Waals surface area contributed by atoms with E-state index in [1.165, 1.54) is 31.2 Å². The summed E-state index contributed by atoms with van der Waals surface area (Å²) in [6, 6.07) is 11.1. The Labute approximate surface area is 97.4 Å². The standard InChI is InChI=1S/C16H18/c1-2-4-11(5-3-1)16-10-12-6-7-15(16)14-9-8-13(12)14/h1-5,10,12-15H,6-9H2. The van der Waals surface area contributed by atoms with Crippen molar-refractivity contribution < 1.29 is 0 Å². The number of rotatable bonds is 1. The highest BCUT2D eigenvalue weighted by atomic mass is 14.5. The van der Waals surface area contributed by atoms with Crippen LogP contribution in [0.15, 0.2) is 36.4 Å². The van der Waals surface area contributed by atoms with Crippen LogP contribution in [0.5, 0.6) is 0 Å². The maximum absolute atomic E-state index is 2.61. The molecule has 1 aromatic rings. The predicted molar refractivity (Wildman–Crippen MR) is 66.8 cm³/mol. The van der Waals surface area contributed by atoms with Crippen LogP contribution in [0.2, 0.25) is 0 Å². The fourth-order valence-corrected chi connectivity index (χ4v) is 4.27. The third-order valence-corrected chi connectivity index (χ3v) is 5.16. The number of benzene rings is 1. The average Bonchev–Trinajstić information content (AvgIpc) is 2.30. The molecule has 0 heteroatoms. The molecule has 0 radical (unpaired) electrons. The first kappa shape index (κ1) is 9.04. The van der Waals surface area contributed by atoms with Crippen LogP contribution in [0.1, 0.15) is 31.2 Å². The molecule has 82 valence electrons. The molecular weight excluding hydrogens is 192 g/mol. The van der Waals surface area contributed by atoms with Crippen molar-refractivity contribution in [1.82, 2.24) is 0 Å². The van der Waals surface area contributed by atoms with Crippen LogP contribution in [0.4, 0.5) is 0 Å². The lowest BCUT2D eigenvalue weighted by Gasteiger charge is -2.54. The van der Waals surface area contributed by atoms with Gasteiger partial charge in [0.05, 0.1) is 0 Å². The van der Waals surface area contributed by atoms with Crippen molar-refractivity contribution in [2.75, 3.05) is 0 Å². The molecule has 2 bridgehead atoms. The van der Waals surface area contributed by atoms with Crippen LogP contribution in [0, 0.1) is 23.7 Å². The first-order valence-corrected chi connectivity index (χ1v) is 6.70. The fourth-order valence-electron chi connectivity index (χ4n) is 4.27. The Morgan fingerprint density at radius 1 is 0.812 bits per heavy atom. The molecule has 4 unspecified atom stereocenters. The van der Waals surface area contributed by atoms with Crippen molar-refractivity contribution in [1.29, 1.82) is 0 Å². The highest BCUT2D eigenvalue weighted by Gasteiger charge is 2.48. The largest absolute Gasteiger partial charge is 0.0770 e. The van der Waals surface area contributed by atoms with Crippen molar-refractivity contribution in [2.45, 2.75) is 25.7 Å². The van der Waals surface area contributed by atoms with Crippen molar-refractivity contribution in [3.8, 4) is 0 Å². The third kappa shape index (κ3) is 1.10.